The van der Waals surface area contributed by atoms with E-state index in [2.05, 4.69) is 10.2 Å². The fourth-order valence-corrected chi connectivity index (χ4v) is 3.50. The minimum Gasteiger partial charge on any atom is -0.465 e. The monoisotopic (exact) mass is 345 g/mol. The lowest BCUT2D eigenvalue weighted by Gasteiger charge is -2.38. The molecule has 24 heavy (non-hydrogen) atoms. The summed E-state index contributed by atoms with van der Waals surface area (Å²) < 4.78 is 38.5. The van der Waals surface area contributed by atoms with Gasteiger partial charge in [-0.15, -0.1) is 10.2 Å². The summed E-state index contributed by atoms with van der Waals surface area (Å²) in [4.78, 5) is 14.2. The van der Waals surface area contributed by atoms with E-state index in [0.717, 1.165) is 12.5 Å². The van der Waals surface area contributed by atoms with Crippen LogP contribution >= 0.6 is 0 Å². The molecule has 2 fully saturated rings. The van der Waals surface area contributed by atoms with E-state index in [1.54, 1.807) is 4.90 Å². The van der Waals surface area contributed by atoms with Gasteiger partial charge in [0.25, 0.3) is 0 Å². The molecule has 0 aliphatic carbocycles. The quantitative estimate of drug-likeness (QED) is 0.809. The normalized spacial score (nSPS) is 20.6. The molecule has 0 atom stereocenters. The Morgan fingerprint density at radius 3 is 2.42 bits per heavy atom. The predicted octanol–water partition coefficient (Wildman–Crippen LogP) is 2.05. The average Bonchev–Trinajstić information content (AvgIpc) is 2.90. The van der Waals surface area contributed by atoms with Crippen LogP contribution in [0, 0.1) is 5.41 Å². The van der Waals surface area contributed by atoms with Crippen LogP contribution in [0.5, 0.6) is 0 Å². The summed E-state index contributed by atoms with van der Waals surface area (Å²) in [5.41, 5.74) is 4.82. The highest BCUT2D eigenvalue weighted by Crippen LogP contribution is 2.43. The van der Waals surface area contributed by atoms with Gasteiger partial charge in [0.1, 0.15) is 0 Å². The molecule has 2 aliphatic heterocycles. The molecule has 3 rings (SSSR count). The maximum atomic E-state index is 12.8. The molecule has 0 saturated carbocycles. The lowest BCUT2D eigenvalue weighted by atomic mass is 9.78. The Bertz CT molecular complexity index is 644. The van der Waals surface area contributed by atoms with Crippen molar-refractivity contribution in [2.45, 2.75) is 25.4 Å². The maximum Gasteiger partial charge on any atom is 0.435 e. The van der Waals surface area contributed by atoms with Gasteiger partial charge in [-0.25, -0.2) is 4.79 Å². The summed E-state index contributed by atoms with van der Waals surface area (Å²) in [5.74, 6) is -0.0250. The van der Waals surface area contributed by atoms with Crippen molar-refractivity contribution in [3.63, 3.8) is 0 Å². The molecule has 1 aromatic rings. The Kier molecular flexibility index (Phi) is 3.92. The summed E-state index contributed by atoms with van der Waals surface area (Å²) in [6.45, 7) is 2.01. The van der Waals surface area contributed by atoms with Crippen molar-refractivity contribution in [1.82, 2.24) is 15.1 Å². The molecular weight excluding hydrogens is 327 g/mol. The van der Waals surface area contributed by atoms with Crippen LogP contribution in [0.25, 0.3) is 0 Å². The van der Waals surface area contributed by atoms with Gasteiger partial charge in [0.05, 0.1) is 5.69 Å². The maximum absolute atomic E-state index is 12.8. The number of carbonyl (C=O) groups is 1. The molecule has 132 valence electrons. The third-order valence-electron chi connectivity index (χ3n) is 4.97. The molecule has 0 unspecified atom stereocenters. The van der Waals surface area contributed by atoms with E-state index in [4.69, 9.17) is 10.8 Å². The number of halogens is 3. The molecule has 2 aliphatic rings. The highest BCUT2D eigenvalue weighted by Gasteiger charge is 2.42. The van der Waals surface area contributed by atoms with Gasteiger partial charge >= 0.3 is 12.3 Å². The van der Waals surface area contributed by atoms with Crippen LogP contribution < -0.4 is 10.6 Å². The molecular formula is C14H18F3N5O2. The van der Waals surface area contributed by atoms with Gasteiger partial charge in [0.2, 0.25) is 0 Å². The minimum absolute atomic E-state index is 0.0250. The summed E-state index contributed by atoms with van der Waals surface area (Å²) in [6, 6.07) is 0.938. The number of piperidine rings is 1. The van der Waals surface area contributed by atoms with Crippen LogP contribution in [0.3, 0.4) is 0 Å². The number of carboxylic acid groups (broad SMARTS) is 1. The van der Waals surface area contributed by atoms with Crippen molar-refractivity contribution >= 4 is 17.6 Å². The van der Waals surface area contributed by atoms with E-state index in [1.807, 2.05) is 0 Å². The second-order valence-electron chi connectivity index (χ2n) is 6.44. The van der Waals surface area contributed by atoms with E-state index in [1.165, 1.54) is 4.90 Å². The van der Waals surface area contributed by atoms with Crippen LogP contribution in [0.4, 0.5) is 29.5 Å². The van der Waals surface area contributed by atoms with Crippen LogP contribution in [0.2, 0.25) is 0 Å². The zero-order valence-corrected chi connectivity index (χ0v) is 12.9. The topological polar surface area (TPSA) is 95.6 Å². The number of alkyl halides is 3. The molecule has 0 radical (unpaired) electrons. The first-order chi connectivity index (χ1) is 11.2. The van der Waals surface area contributed by atoms with E-state index >= 15 is 0 Å². The Labute approximate surface area is 136 Å². The first-order valence-electron chi connectivity index (χ1n) is 7.63. The van der Waals surface area contributed by atoms with Crippen LogP contribution in [0.15, 0.2) is 6.07 Å². The molecule has 0 aromatic carbocycles. The minimum atomic E-state index is -4.57. The standard InChI is InChI=1S/C14H18F3N5O2/c15-14(16,17)10-7-9(11(18)20-19-10)22-6-3-13(8-22)1-4-21(5-2-13)12(23)24/h7H,1-6,8H2,(H2,18,20)(H,23,24). The number of nitrogen functional groups attached to an aromatic ring is 1. The average molecular weight is 345 g/mol. The zero-order valence-electron chi connectivity index (χ0n) is 12.9. The summed E-state index contributed by atoms with van der Waals surface area (Å²) in [6.07, 6.45) is -3.32. The molecule has 1 amide bonds. The van der Waals surface area contributed by atoms with Crippen molar-refractivity contribution in [2.75, 3.05) is 36.8 Å². The molecule has 10 heteroatoms. The van der Waals surface area contributed by atoms with Gasteiger partial charge in [-0.3, -0.25) is 0 Å². The van der Waals surface area contributed by atoms with Crippen molar-refractivity contribution in [3.8, 4) is 0 Å². The molecule has 1 aromatic heterocycles. The van der Waals surface area contributed by atoms with Crippen molar-refractivity contribution < 1.29 is 23.1 Å². The van der Waals surface area contributed by atoms with E-state index in [-0.39, 0.29) is 16.9 Å². The fraction of sp³-hybridized carbons (Fsp3) is 0.643. The first-order valence-corrected chi connectivity index (χ1v) is 7.63. The lowest BCUT2D eigenvalue weighted by Crippen LogP contribution is -2.43. The number of nitrogens with zero attached hydrogens (tertiary/aromatic N) is 4. The molecule has 7 nitrogen and oxygen atoms in total. The van der Waals surface area contributed by atoms with E-state index < -0.39 is 18.0 Å². The largest absolute Gasteiger partial charge is 0.465 e. The van der Waals surface area contributed by atoms with Crippen molar-refractivity contribution in [3.05, 3.63) is 11.8 Å². The van der Waals surface area contributed by atoms with Crippen molar-refractivity contribution in [2.24, 2.45) is 5.41 Å². The Morgan fingerprint density at radius 1 is 1.21 bits per heavy atom. The van der Waals surface area contributed by atoms with Gasteiger partial charge in [-0.1, -0.05) is 0 Å². The number of hydrogen-bond donors (Lipinski definition) is 2. The molecule has 2 saturated heterocycles. The fourth-order valence-electron chi connectivity index (χ4n) is 3.50. The molecule has 3 heterocycles. The zero-order chi connectivity index (χ0) is 17.5. The lowest BCUT2D eigenvalue weighted by molar-refractivity contribution is -0.141. The third kappa shape index (κ3) is 3.04. The number of anilines is 2. The first kappa shape index (κ1) is 16.6. The number of hydrogen-bond acceptors (Lipinski definition) is 5. The molecule has 0 bridgehead atoms. The second-order valence-corrected chi connectivity index (χ2v) is 6.44. The van der Waals surface area contributed by atoms with E-state index in [0.29, 0.717) is 39.0 Å². The Hall–Kier alpha value is -2.26. The highest BCUT2D eigenvalue weighted by atomic mass is 19.4. The number of aromatic nitrogens is 2. The molecule has 3 N–H and O–H groups in total. The molecule has 1 spiro atoms. The van der Waals surface area contributed by atoms with E-state index in [9.17, 15) is 18.0 Å². The van der Waals surface area contributed by atoms with Gasteiger partial charge in [0, 0.05) is 26.2 Å². The Balaban J connectivity index is 1.76. The smallest absolute Gasteiger partial charge is 0.435 e. The number of rotatable bonds is 1. The van der Waals surface area contributed by atoms with Crippen LogP contribution in [-0.4, -0.2) is 52.5 Å². The van der Waals surface area contributed by atoms with Crippen molar-refractivity contribution in [1.29, 1.82) is 0 Å². The third-order valence-corrected chi connectivity index (χ3v) is 4.97. The number of amides is 1. The van der Waals surface area contributed by atoms with Crippen LogP contribution in [0.1, 0.15) is 25.0 Å². The summed E-state index contributed by atoms with van der Waals surface area (Å²) in [7, 11) is 0. The number of nitrogens with two attached hydrogens (primary N) is 1. The van der Waals surface area contributed by atoms with Gasteiger partial charge < -0.3 is 20.6 Å². The Morgan fingerprint density at radius 2 is 1.83 bits per heavy atom. The van der Waals surface area contributed by atoms with Gasteiger partial charge in [0.15, 0.2) is 11.5 Å². The second kappa shape index (κ2) is 5.67. The summed E-state index contributed by atoms with van der Waals surface area (Å²) in [5, 5.41) is 15.6. The SMILES string of the molecule is Nc1nnc(C(F)(F)F)cc1N1CCC2(CCN(C(=O)O)CC2)C1. The highest BCUT2D eigenvalue weighted by molar-refractivity contribution is 5.65. The number of likely N-dealkylation sites (tertiary alicyclic amines) is 1. The summed E-state index contributed by atoms with van der Waals surface area (Å²) >= 11 is 0. The van der Waals surface area contributed by atoms with Crippen LogP contribution in [-0.2, 0) is 6.18 Å². The predicted molar refractivity (Wildman–Crippen MR) is 79.5 cm³/mol. The van der Waals surface area contributed by atoms with Gasteiger partial charge in [-0.05, 0) is 30.7 Å². The van der Waals surface area contributed by atoms with Gasteiger partial charge in [-0.2, -0.15) is 13.2 Å².